The Kier molecular flexibility index (Phi) is 8.04. The summed E-state index contributed by atoms with van der Waals surface area (Å²) in [6, 6.07) is 14.6. The van der Waals surface area contributed by atoms with Gasteiger partial charge in [-0.2, -0.15) is 0 Å². The zero-order valence-electron chi connectivity index (χ0n) is 22.6. The van der Waals surface area contributed by atoms with Gasteiger partial charge in [0, 0.05) is 19.8 Å². The minimum atomic E-state index is -0.451. The average Bonchev–Trinajstić information content (AvgIpc) is 3.35. The predicted octanol–water partition coefficient (Wildman–Crippen LogP) is 4.89. The van der Waals surface area contributed by atoms with E-state index in [0.29, 0.717) is 29.4 Å². The zero-order valence-corrected chi connectivity index (χ0v) is 24.2. The van der Waals surface area contributed by atoms with Crippen LogP contribution < -0.4 is 21.3 Å². The van der Waals surface area contributed by atoms with E-state index in [1.807, 2.05) is 36.4 Å². The Labute approximate surface area is 241 Å². The van der Waals surface area contributed by atoms with Crippen molar-refractivity contribution in [3.63, 3.8) is 0 Å². The highest BCUT2D eigenvalue weighted by molar-refractivity contribution is 8.27. The van der Waals surface area contributed by atoms with Crippen LogP contribution in [0.1, 0.15) is 43.9 Å². The minimum absolute atomic E-state index is 0.194. The number of carbonyl (C=O) groups excluding carboxylic acids is 1. The molecule has 3 aromatic heterocycles. The number of para-hydroxylation sites is 1. The molecule has 0 radical (unpaired) electrons. The molecule has 1 aliphatic rings. The van der Waals surface area contributed by atoms with Crippen molar-refractivity contribution in [2.45, 2.75) is 39.5 Å². The van der Waals surface area contributed by atoms with Crippen LogP contribution in [0.3, 0.4) is 0 Å². The number of rotatable bonds is 9. The van der Waals surface area contributed by atoms with Crippen LogP contribution in [0.2, 0.25) is 0 Å². The topological polar surface area (TPSA) is 93.6 Å². The maximum absolute atomic E-state index is 13.7. The molecule has 40 heavy (non-hydrogen) atoms. The molecule has 11 heteroatoms. The average molecular weight is 575 g/mol. The van der Waals surface area contributed by atoms with Crippen LogP contribution >= 0.6 is 24.0 Å². The Bertz CT molecular complexity index is 1750. The monoisotopic (exact) mass is 574 g/mol. The minimum Gasteiger partial charge on any atom is -0.369 e. The number of nitrogens with zero attached hydrogens (tertiary/aromatic N) is 5. The van der Waals surface area contributed by atoms with Gasteiger partial charge >= 0.3 is 0 Å². The Hall–Kier alpha value is -3.96. The first-order valence-electron chi connectivity index (χ1n) is 13.2. The molecule has 0 atom stereocenters. The standard InChI is InChI=1S/C29H30N6O3S2/c1-4-5-6-11-16-30-25-21(26(36)33-17-12-10-15-23(33)31-25)18-22-27(37)34(29(39)40-22)24-19(2)32(3)35(28(24)38)20-13-8-7-9-14-20/h7-10,12-15,17-18,30H,4-6,11,16H2,1-3H3/b22-18+. The van der Waals surface area contributed by atoms with E-state index in [-0.39, 0.29) is 31.6 Å². The van der Waals surface area contributed by atoms with E-state index in [9.17, 15) is 14.4 Å². The first-order valence-corrected chi connectivity index (χ1v) is 14.4. The lowest BCUT2D eigenvalue weighted by atomic mass is 10.2. The van der Waals surface area contributed by atoms with Crippen molar-refractivity contribution in [3.8, 4) is 5.69 Å². The summed E-state index contributed by atoms with van der Waals surface area (Å²) in [4.78, 5) is 47.1. The Morgan fingerprint density at radius 2 is 1.75 bits per heavy atom. The van der Waals surface area contributed by atoms with Gasteiger partial charge in [-0.1, -0.05) is 74.4 Å². The number of anilines is 2. The molecule has 206 valence electrons. The fourth-order valence-corrected chi connectivity index (χ4v) is 5.98. The number of hydrogen-bond donors (Lipinski definition) is 1. The van der Waals surface area contributed by atoms with E-state index >= 15 is 0 Å². The number of thioether (sulfide) groups is 1. The first kappa shape index (κ1) is 27.6. The highest BCUT2D eigenvalue weighted by Crippen LogP contribution is 2.36. The Balaban J connectivity index is 1.55. The molecule has 1 fully saturated rings. The largest absolute Gasteiger partial charge is 0.369 e. The van der Waals surface area contributed by atoms with E-state index in [2.05, 4.69) is 17.2 Å². The van der Waals surface area contributed by atoms with Crippen molar-refractivity contribution in [2.75, 3.05) is 16.8 Å². The molecule has 4 heterocycles. The van der Waals surface area contributed by atoms with Crippen molar-refractivity contribution < 1.29 is 4.79 Å². The van der Waals surface area contributed by atoms with Gasteiger partial charge in [-0.15, -0.1) is 0 Å². The summed E-state index contributed by atoms with van der Waals surface area (Å²) in [6.45, 7) is 4.58. The molecule has 0 bridgehead atoms. The molecule has 0 spiro atoms. The van der Waals surface area contributed by atoms with Crippen LogP contribution in [0.4, 0.5) is 11.5 Å². The predicted molar refractivity (Wildman–Crippen MR) is 165 cm³/mol. The number of thiocarbonyl (C=S) groups is 1. The second-order valence-corrected chi connectivity index (χ2v) is 11.2. The van der Waals surface area contributed by atoms with Gasteiger partial charge in [0.15, 0.2) is 4.32 Å². The van der Waals surface area contributed by atoms with Crippen molar-refractivity contribution in [2.24, 2.45) is 7.05 Å². The maximum Gasteiger partial charge on any atom is 0.296 e. The molecular formula is C29H30N6O3S2. The van der Waals surface area contributed by atoms with Crippen molar-refractivity contribution in [3.05, 3.63) is 91.6 Å². The second kappa shape index (κ2) is 11.6. The second-order valence-electron chi connectivity index (χ2n) is 9.52. The van der Waals surface area contributed by atoms with E-state index in [1.54, 1.807) is 37.0 Å². The van der Waals surface area contributed by atoms with Crippen LogP contribution in [-0.4, -0.2) is 35.5 Å². The molecule has 4 aromatic rings. The maximum atomic E-state index is 13.7. The summed E-state index contributed by atoms with van der Waals surface area (Å²) in [5.74, 6) is -0.0345. The van der Waals surface area contributed by atoms with Crippen LogP contribution in [0.15, 0.2) is 69.2 Å². The van der Waals surface area contributed by atoms with E-state index in [0.717, 1.165) is 37.4 Å². The zero-order chi connectivity index (χ0) is 28.4. The quantitative estimate of drug-likeness (QED) is 0.173. The van der Waals surface area contributed by atoms with Gasteiger partial charge in [0.25, 0.3) is 17.0 Å². The van der Waals surface area contributed by atoms with Crippen LogP contribution in [0, 0.1) is 6.92 Å². The highest BCUT2D eigenvalue weighted by atomic mass is 32.2. The SMILES string of the molecule is CCCCCCNc1nc2ccccn2c(=O)c1/C=C1/SC(=S)N(c2c(C)n(C)n(-c3ccccc3)c2=O)C1=O. The lowest BCUT2D eigenvalue weighted by molar-refractivity contribution is -0.113. The number of nitrogens with one attached hydrogen (secondary N) is 1. The molecule has 0 saturated carbocycles. The number of pyridine rings is 1. The molecule has 5 rings (SSSR count). The van der Waals surface area contributed by atoms with E-state index in [4.69, 9.17) is 12.2 Å². The third-order valence-corrected chi connectivity index (χ3v) is 8.21. The molecule has 1 amide bonds. The molecular weight excluding hydrogens is 544 g/mol. The van der Waals surface area contributed by atoms with Crippen LogP contribution in [-0.2, 0) is 11.8 Å². The molecule has 0 unspecified atom stereocenters. The lowest BCUT2D eigenvalue weighted by Gasteiger charge is -2.13. The van der Waals surface area contributed by atoms with Gasteiger partial charge in [-0.05, 0) is 43.7 Å². The Morgan fingerprint density at radius 3 is 2.50 bits per heavy atom. The third-order valence-electron chi connectivity index (χ3n) is 6.91. The lowest BCUT2D eigenvalue weighted by Crippen LogP contribution is -2.33. The summed E-state index contributed by atoms with van der Waals surface area (Å²) < 4.78 is 4.89. The molecule has 1 aromatic carbocycles. The number of aromatic nitrogens is 4. The van der Waals surface area contributed by atoms with Crippen molar-refractivity contribution >= 4 is 57.4 Å². The number of carbonyl (C=O) groups is 1. The highest BCUT2D eigenvalue weighted by Gasteiger charge is 2.38. The number of amides is 1. The fourth-order valence-electron chi connectivity index (χ4n) is 4.73. The normalized spacial score (nSPS) is 14.6. The Morgan fingerprint density at radius 1 is 1.00 bits per heavy atom. The number of benzene rings is 1. The summed E-state index contributed by atoms with van der Waals surface area (Å²) in [5.41, 5.74) is 1.59. The van der Waals surface area contributed by atoms with Gasteiger partial charge in [-0.3, -0.25) is 28.4 Å². The number of fused-ring (bicyclic) bond motifs is 1. The fraction of sp³-hybridized carbons (Fsp3) is 0.276. The van der Waals surface area contributed by atoms with Crippen LogP contribution in [0.5, 0.6) is 0 Å². The van der Waals surface area contributed by atoms with Crippen molar-refractivity contribution in [1.82, 2.24) is 18.7 Å². The third kappa shape index (κ3) is 5.02. The molecule has 1 aliphatic heterocycles. The van der Waals surface area contributed by atoms with Gasteiger partial charge < -0.3 is 5.32 Å². The molecule has 9 nitrogen and oxygen atoms in total. The summed E-state index contributed by atoms with van der Waals surface area (Å²) in [6.07, 6.45) is 7.46. The molecule has 0 aliphatic carbocycles. The van der Waals surface area contributed by atoms with E-state index < -0.39 is 5.91 Å². The smallest absolute Gasteiger partial charge is 0.296 e. The van der Waals surface area contributed by atoms with Crippen LogP contribution in [0.25, 0.3) is 17.4 Å². The summed E-state index contributed by atoms with van der Waals surface area (Å²) >= 11 is 6.66. The van der Waals surface area contributed by atoms with Crippen molar-refractivity contribution in [1.29, 1.82) is 0 Å². The van der Waals surface area contributed by atoms with Gasteiger partial charge in [0.05, 0.1) is 21.8 Å². The molecule has 1 saturated heterocycles. The molecule has 1 N–H and O–H groups in total. The van der Waals surface area contributed by atoms with Gasteiger partial charge in [-0.25, -0.2) is 9.67 Å². The number of unbranched alkanes of at least 4 members (excludes halogenated alkanes) is 3. The number of hydrogen-bond acceptors (Lipinski definition) is 7. The summed E-state index contributed by atoms with van der Waals surface area (Å²) in [5, 5.41) is 3.30. The van der Waals surface area contributed by atoms with E-state index in [1.165, 1.54) is 20.1 Å². The first-order chi connectivity index (χ1) is 19.3. The van der Waals surface area contributed by atoms with Gasteiger partial charge in [0.2, 0.25) is 0 Å². The van der Waals surface area contributed by atoms with Gasteiger partial charge in [0.1, 0.15) is 17.2 Å². The summed E-state index contributed by atoms with van der Waals surface area (Å²) in [7, 11) is 1.76.